The molecule has 0 aromatic rings. The molecule has 222 valence electrons. The summed E-state index contributed by atoms with van der Waals surface area (Å²) in [5.74, 6) is -0.345. The molecule has 1 unspecified atom stereocenters. The van der Waals surface area contributed by atoms with Crippen LogP contribution in [0.3, 0.4) is 0 Å². The summed E-state index contributed by atoms with van der Waals surface area (Å²) in [7, 11) is 0. The molecule has 0 spiro atoms. The van der Waals surface area contributed by atoms with Gasteiger partial charge in [0.05, 0.1) is 0 Å². The van der Waals surface area contributed by atoms with E-state index in [9.17, 15) is 9.59 Å². The molecule has 0 aromatic heterocycles. The molecule has 0 rings (SSSR count). The Balaban J connectivity index is 3.59. The Morgan fingerprint density at radius 2 is 1.00 bits per heavy atom. The Morgan fingerprint density at radius 3 is 1.50 bits per heavy atom. The summed E-state index contributed by atoms with van der Waals surface area (Å²) >= 11 is 0. The molecular weight excluding hydrogens is 472 g/mol. The van der Waals surface area contributed by atoms with E-state index in [1.54, 1.807) is 0 Å². The highest BCUT2D eigenvalue weighted by Gasteiger charge is 2.15. The summed E-state index contributed by atoms with van der Waals surface area (Å²) in [5.41, 5.74) is 0. The fourth-order valence-electron chi connectivity index (χ4n) is 4.42. The van der Waals surface area contributed by atoms with Crippen molar-refractivity contribution in [1.82, 2.24) is 0 Å². The van der Waals surface area contributed by atoms with Crippen LogP contribution in [0.5, 0.6) is 0 Å². The number of ether oxygens (including phenoxy) is 2. The molecule has 0 heterocycles. The minimum atomic E-state index is -0.328. The van der Waals surface area contributed by atoms with Crippen molar-refractivity contribution in [3.05, 3.63) is 24.3 Å². The quantitative estimate of drug-likeness (QED) is 0.0569. The predicted octanol–water partition coefficient (Wildman–Crippen LogP) is 10.6. The summed E-state index contributed by atoms with van der Waals surface area (Å²) in [6, 6.07) is 0. The number of unbranched alkanes of at least 4 members (excludes halogenated alkanes) is 16. The van der Waals surface area contributed by atoms with Crippen molar-refractivity contribution >= 4 is 11.9 Å². The molecule has 4 nitrogen and oxygen atoms in total. The van der Waals surface area contributed by atoms with Crippen molar-refractivity contribution in [2.75, 3.05) is 6.61 Å². The summed E-state index contributed by atoms with van der Waals surface area (Å²) in [5, 5.41) is 0. The highest BCUT2D eigenvalue weighted by atomic mass is 16.6. The zero-order valence-corrected chi connectivity index (χ0v) is 25.5. The first-order valence-electron chi connectivity index (χ1n) is 16.3. The van der Waals surface area contributed by atoms with Gasteiger partial charge in [-0.05, 0) is 64.2 Å². The lowest BCUT2D eigenvalue weighted by Gasteiger charge is -2.16. The van der Waals surface area contributed by atoms with Gasteiger partial charge in [-0.2, -0.15) is 0 Å². The van der Waals surface area contributed by atoms with Crippen LogP contribution >= 0.6 is 0 Å². The van der Waals surface area contributed by atoms with Gasteiger partial charge in [0.25, 0.3) is 0 Å². The highest BCUT2D eigenvalue weighted by Crippen LogP contribution is 2.12. The van der Waals surface area contributed by atoms with Crippen molar-refractivity contribution < 1.29 is 19.1 Å². The molecule has 0 aromatic carbocycles. The van der Waals surface area contributed by atoms with E-state index in [4.69, 9.17) is 9.47 Å². The smallest absolute Gasteiger partial charge is 0.306 e. The molecule has 0 saturated carbocycles. The first-order valence-corrected chi connectivity index (χ1v) is 16.3. The van der Waals surface area contributed by atoms with E-state index in [2.05, 4.69) is 38.2 Å². The Kier molecular flexibility index (Phi) is 28.7. The Hall–Kier alpha value is -1.58. The van der Waals surface area contributed by atoms with Crippen LogP contribution in [0.1, 0.15) is 168 Å². The number of hydrogen-bond acceptors (Lipinski definition) is 4. The van der Waals surface area contributed by atoms with E-state index >= 15 is 0 Å². The molecule has 1 atom stereocenters. The molecule has 0 fully saturated rings. The third-order valence-electron chi connectivity index (χ3n) is 6.98. The number of esters is 2. The summed E-state index contributed by atoms with van der Waals surface area (Å²) in [6.45, 7) is 6.56. The standard InChI is InChI=1S/C34H62O4/c1-4-7-9-11-13-15-16-17-18-19-20-22-23-25-27-29-33(35)37-31-32(6-3)38-34(36)30-28-26-24-21-14-12-10-8-5-2/h8,10,17-18,32H,4-7,9,11-16,19-31H2,1-3H3/b10-8-,18-17-. The van der Waals surface area contributed by atoms with Gasteiger partial charge >= 0.3 is 11.9 Å². The number of rotatable bonds is 28. The maximum atomic E-state index is 12.1. The highest BCUT2D eigenvalue weighted by molar-refractivity contribution is 5.70. The molecule has 0 radical (unpaired) electrons. The lowest BCUT2D eigenvalue weighted by Crippen LogP contribution is -2.24. The van der Waals surface area contributed by atoms with Crippen molar-refractivity contribution in [3.8, 4) is 0 Å². The summed E-state index contributed by atoms with van der Waals surface area (Å²) < 4.78 is 10.9. The van der Waals surface area contributed by atoms with Crippen LogP contribution in [0.4, 0.5) is 0 Å². The number of carbonyl (C=O) groups is 2. The second-order valence-electron chi connectivity index (χ2n) is 10.7. The van der Waals surface area contributed by atoms with Gasteiger partial charge in [-0.1, -0.05) is 116 Å². The van der Waals surface area contributed by atoms with Crippen LogP contribution in [-0.2, 0) is 19.1 Å². The van der Waals surface area contributed by atoms with Crippen LogP contribution in [0.25, 0.3) is 0 Å². The van der Waals surface area contributed by atoms with E-state index in [0.29, 0.717) is 19.3 Å². The van der Waals surface area contributed by atoms with Gasteiger partial charge in [-0.25, -0.2) is 0 Å². The molecule has 0 aliphatic rings. The summed E-state index contributed by atoms with van der Waals surface area (Å²) in [4.78, 5) is 24.2. The van der Waals surface area contributed by atoms with Crippen LogP contribution in [-0.4, -0.2) is 24.6 Å². The third kappa shape index (κ3) is 27.5. The van der Waals surface area contributed by atoms with Crippen LogP contribution < -0.4 is 0 Å². The van der Waals surface area contributed by atoms with Crippen molar-refractivity contribution in [3.63, 3.8) is 0 Å². The zero-order valence-electron chi connectivity index (χ0n) is 25.5. The molecule has 4 heteroatoms. The maximum absolute atomic E-state index is 12.1. The zero-order chi connectivity index (χ0) is 27.9. The fourth-order valence-corrected chi connectivity index (χ4v) is 4.42. The maximum Gasteiger partial charge on any atom is 0.306 e. The minimum Gasteiger partial charge on any atom is -0.462 e. The van der Waals surface area contributed by atoms with Crippen molar-refractivity contribution in [2.45, 2.75) is 175 Å². The van der Waals surface area contributed by atoms with Crippen LogP contribution in [0, 0.1) is 0 Å². The first kappa shape index (κ1) is 36.4. The Bertz CT molecular complexity index is 581. The number of hydrogen-bond donors (Lipinski definition) is 0. The largest absolute Gasteiger partial charge is 0.462 e. The number of allylic oxidation sites excluding steroid dienone is 4. The van der Waals surface area contributed by atoms with Crippen LogP contribution in [0.2, 0.25) is 0 Å². The molecule has 0 saturated heterocycles. The van der Waals surface area contributed by atoms with Gasteiger partial charge in [0, 0.05) is 12.8 Å². The molecular formula is C34H62O4. The molecule has 0 aliphatic heterocycles. The monoisotopic (exact) mass is 534 g/mol. The van der Waals surface area contributed by atoms with Gasteiger partial charge in [0.2, 0.25) is 0 Å². The second-order valence-corrected chi connectivity index (χ2v) is 10.7. The lowest BCUT2D eigenvalue weighted by molar-refractivity contribution is -0.159. The SMILES string of the molecule is CC/C=C\CCCCCCCC(=O)OC(CC)COC(=O)CCCCCCC/C=C\CCCCCCCC. The van der Waals surface area contributed by atoms with Gasteiger partial charge < -0.3 is 9.47 Å². The third-order valence-corrected chi connectivity index (χ3v) is 6.98. The average Bonchev–Trinajstić information content (AvgIpc) is 2.92. The molecule has 38 heavy (non-hydrogen) atoms. The minimum absolute atomic E-state index is 0.170. The predicted molar refractivity (Wildman–Crippen MR) is 162 cm³/mol. The Morgan fingerprint density at radius 1 is 0.553 bits per heavy atom. The van der Waals surface area contributed by atoms with E-state index in [1.165, 1.54) is 89.9 Å². The van der Waals surface area contributed by atoms with Gasteiger partial charge in [0.1, 0.15) is 12.7 Å². The van der Waals surface area contributed by atoms with E-state index in [-0.39, 0.29) is 24.6 Å². The normalized spacial score (nSPS) is 12.4. The fraction of sp³-hybridized carbons (Fsp3) is 0.824. The van der Waals surface area contributed by atoms with Crippen molar-refractivity contribution in [1.29, 1.82) is 0 Å². The average molecular weight is 535 g/mol. The first-order chi connectivity index (χ1) is 18.6. The molecule has 0 amide bonds. The molecule has 0 bridgehead atoms. The van der Waals surface area contributed by atoms with E-state index in [1.807, 2.05) is 6.92 Å². The van der Waals surface area contributed by atoms with E-state index < -0.39 is 0 Å². The Labute approximate surface area is 236 Å². The topological polar surface area (TPSA) is 52.6 Å². The number of carbonyl (C=O) groups excluding carboxylic acids is 2. The molecule has 0 N–H and O–H groups in total. The van der Waals surface area contributed by atoms with Gasteiger partial charge in [-0.3, -0.25) is 9.59 Å². The lowest BCUT2D eigenvalue weighted by atomic mass is 10.1. The van der Waals surface area contributed by atoms with Crippen LogP contribution in [0.15, 0.2) is 24.3 Å². The summed E-state index contributed by atoms with van der Waals surface area (Å²) in [6.07, 6.45) is 34.4. The molecule has 0 aliphatic carbocycles. The van der Waals surface area contributed by atoms with E-state index in [0.717, 1.165) is 38.5 Å². The van der Waals surface area contributed by atoms with Gasteiger partial charge in [0.15, 0.2) is 0 Å². The second kappa shape index (κ2) is 30.0. The van der Waals surface area contributed by atoms with Crippen molar-refractivity contribution in [2.24, 2.45) is 0 Å². The van der Waals surface area contributed by atoms with Gasteiger partial charge in [-0.15, -0.1) is 0 Å².